The maximum absolute atomic E-state index is 13.3. The molecule has 1 saturated carbocycles. The van der Waals surface area contributed by atoms with E-state index in [0.29, 0.717) is 48.7 Å². The van der Waals surface area contributed by atoms with Crippen LogP contribution in [-0.4, -0.2) is 57.7 Å². The largest absolute Gasteiger partial charge is 0.481 e. The minimum atomic E-state index is -4.45. The first-order valence-corrected chi connectivity index (χ1v) is 22.3. The van der Waals surface area contributed by atoms with Gasteiger partial charge in [-0.3, -0.25) is 18.7 Å². The number of aryl methyl sites for hydroxylation is 2. The molecule has 3 N–H and O–H groups in total. The molecule has 0 amide bonds. The molecule has 0 saturated heterocycles. The van der Waals surface area contributed by atoms with Gasteiger partial charge in [0, 0.05) is 74.3 Å². The van der Waals surface area contributed by atoms with Crippen molar-refractivity contribution >= 4 is 87.8 Å². The number of allylic oxidation sites excluding steroid dienone is 6. The van der Waals surface area contributed by atoms with Crippen molar-refractivity contribution in [1.29, 1.82) is 0 Å². The number of nitrogens with zero attached hydrogens (tertiary/aromatic N) is 2. The highest BCUT2D eigenvalue weighted by Gasteiger charge is 2.22. The Labute approximate surface area is 336 Å². The molecule has 13 heteroatoms. The first kappa shape index (κ1) is 40.6. The number of aromatic nitrogens is 2. The lowest BCUT2D eigenvalue weighted by atomic mass is 10.1. The monoisotopic (exact) mass is 820 g/mol. The van der Waals surface area contributed by atoms with Crippen LogP contribution in [0.2, 0.25) is 0 Å². The summed E-state index contributed by atoms with van der Waals surface area (Å²) in [6, 6.07) is 24.7. The predicted molar refractivity (Wildman–Crippen MR) is 229 cm³/mol. The summed E-state index contributed by atoms with van der Waals surface area (Å²) in [6.45, 7) is 1.24. The number of Topliss-reactive ketones (excluding diaryl/α,β-unsaturated/α-hetero) is 1. The highest BCUT2D eigenvalue weighted by molar-refractivity contribution is 7.86. The van der Waals surface area contributed by atoms with Gasteiger partial charge in [-0.2, -0.15) is 16.8 Å². The summed E-state index contributed by atoms with van der Waals surface area (Å²) in [4.78, 5) is 24.0. The third-order valence-corrected chi connectivity index (χ3v) is 12.3. The van der Waals surface area contributed by atoms with Crippen LogP contribution in [0, 0.1) is 0 Å². The number of ketones is 1. The van der Waals surface area contributed by atoms with Crippen LogP contribution in [0.25, 0.3) is 55.8 Å². The quantitative estimate of drug-likeness (QED) is 0.0488. The van der Waals surface area contributed by atoms with Crippen LogP contribution in [0.5, 0.6) is 0 Å². The first-order valence-electron chi connectivity index (χ1n) is 19.3. The van der Waals surface area contributed by atoms with Crippen LogP contribution < -0.4 is 0 Å². The number of benzene rings is 4. The number of carboxylic acid groups (broad SMARTS) is 1. The van der Waals surface area contributed by atoms with Crippen LogP contribution in [-0.2, 0) is 42.9 Å². The molecule has 11 nitrogen and oxygen atoms in total. The molecule has 0 atom stereocenters. The Hall–Kier alpha value is -5.60. The van der Waals surface area contributed by atoms with E-state index in [1.807, 2.05) is 71.4 Å². The number of aliphatic carboxylic acids is 1. The number of carboxylic acids is 1. The summed E-state index contributed by atoms with van der Waals surface area (Å²) in [5.74, 6) is -1.12. The average molecular weight is 821 g/mol. The van der Waals surface area contributed by atoms with E-state index >= 15 is 0 Å². The summed E-state index contributed by atoms with van der Waals surface area (Å²) >= 11 is 0. The number of carbonyl (C=O) groups excluding carboxylic acids is 1. The molecular formula is C45H44N2O9S2. The van der Waals surface area contributed by atoms with Crippen LogP contribution >= 0.6 is 0 Å². The van der Waals surface area contributed by atoms with Crippen molar-refractivity contribution in [2.75, 3.05) is 5.75 Å². The first-order chi connectivity index (χ1) is 27.8. The Morgan fingerprint density at radius 3 is 1.71 bits per heavy atom. The lowest BCUT2D eigenvalue weighted by Gasteiger charge is -2.07. The molecule has 0 aliphatic heterocycles. The fourth-order valence-electron chi connectivity index (χ4n) is 7.87. The molecule has 7 rings (SSSR count). The average Bonchev–Trinajstić information content (AvgIpc) is 3.80. The van der Waals surface area contributed by atoms with E-state index in [4.69, 9.17) is 9.66 Å². The van der Waals surface area contributed by atoms with Crippen molar-refractivity contribution in [3.8, 4) is 0 Å². The van der Waals surface area contributed by atoms with Crippen LogP contribution in [0.3, 0.4) is 0 Å². The van der Waals surface area contributed by atoms with Crippen molar-refractivity contribution in [2.24, 2.45) is 0 Å². The van der Waals surface area contributed by atoms with Crippen LogP contribution in [0.15, 0.2) is 119 Å². The van der Waals surface area contributed by atoms with Gasteiger partial charge >= 0.3 is 5.97 Å². The van der Waals surface area contributed by atoms with Crippen molar-refractivity contribution in [3.05, 3.63) is 125 Å². The molecule has 0 unspecified atom stereocenters. The molecule has 0 radical (unpaired) electrons. The van der Waals surface area contributed by atoms with Gasteiger partial charge in [0.15, 0.2) is 5.78 Å². The predicted octanol–water partition coefficient (Wildman–Crippen LogP) is 9.40. The summed E-state index contributed by atoms with van der Waals surface area (Å²) in [5.41, 5.74) is 7.06. The molecule has 1 aliphatic rings. The fourth-order valence-corrected chi connectivity index (χ4v) is 8.95. The standard InChI is InChI=1S/C45H44N2O9S2/c48-44(49)16-2-1-5-25-46-40-15-4-3-14-36(40)37-28-31(17-22-41(37)46)10-8-12-33-19-20-34(45(33)50)13-9-11-32-18-23-42-38(29-32)39-30-35(58(54,55)56)21-24-43(39)47(42)26-6-7-27-57(51,52)53/h3-4,8-15,17-18,21-24,28-30H,1-2,5-7,16,19-20,25-27H2,(H,48,49)(H,51,52,53)(H,54,55,56)/b10-8+,11-9+,33-12+,34-13+. The number of hydrogen-bond acceptors (Lipinski definition) is 6. The zero-order chi connectivity index (χ0) is 41.0. The smallest absolute Gasteiger partial charge is 0.303 e. The Balaban J connectivity index is 1.06. The van der Waals surface area contributed by atoms with E-state index in [2.05, 4.69) is 34.9 Å². The maximum atomic E-state index is 13.3. The van der Waals surface area contributed by atoms with E-state index in [1.54, 1.807) is 6.07 Å². The third-order valence-electron chi connectivity index (χ3n) is 10.7. The number of para-hydroxylation sites is 1. The van der Waals surface area contributed by atoms with Gasteiger partial charge in [-0.1, -0.05) is 73.2 Å². The van der Waals surface area contributed by atoms with Gasteiger partial charge in [0.2, 0.25) is 0 Å². The summed E-state index contributed by atoms with van der Waals surface area (Å²) < 4.78 is 69.5. The van der Waals surface area contributed by atoms with Gasteiger partial charge in [0.05, 0.1) is 10.6 Å². The molecule has 58 heavy (non-hydrogen) atoms. The van der Waals surface area contributed by atoms with Gasteiger partial charge in [-0.05, 0) is 98.2 Å². The Morgan fingerprint density at radius 1 is 0.621 bits per heavy atom. The van der Waals surface area contributed by atoms with Crippen molar-refractivity contribution in [3.63, 3.8) is 0 Å². The van der Waals surface area contributed by atoms with E-state index in [0.717, 1.165) is 68.8 Å². The SMILES string of the molecule is O=C(O)CCCCCn1c2ccccc2c2cc(/C=C/C=C3\CC/C(=C\C=C\c4ccc5c(c4)c4cc(S(=O)(=O)O)ccc4n5CCCCS(=O)(=O)O)C3=O)ccc21. The molecule has 0 spiro atoms. The second kappa shape index (κ2) is 17.1. The van der Waals surface area contributed by atoms with Gasteiger partial charge in [0.1, 0.15) is 0 Å². The summed E-state index contributed by atoms with van der Waals surface area (Å²) in [7, 11) is -8.54. The van der Waals surface area contributed by atoms with E-state index in [1.165, 1.54) is 12.1 Å². The Kier molecular flexibility index (Phi) is 12.0. The van der Waals surface area contributed by atoms with Crippen LogP contribution in [0.1, 0.15) is 62.5 Å². The summed E-state index contributed by atoms with van der Waals surface area (Å²) in [6.07, 6.45) is 15.9. The molecular weight excluding hydrogens is 777 g/mol. The molecule has 4 aromatic carbocycles. The third kappa shape index (κ3) is 9.24. The number of unbranched alkanes of at least 4 members (excludes halogenated alkanes) is 3. The van der Waals surface area contributed by atoms with Gasteiger partial charge in [0.25, 0.3) is 20.2 Å². The molecule has 0 bridgehead atoms. The number of fused-ring (bicyclic) bond motifs is 6. The van der Waals surface area contributed by atoms with E-state index < -0.39 is 26.2 Å². The zero-order valence-electron chi connectivity index (χ0n) is 31.7. The Morgan fingerprint density at radius 2 is 1.14 bits per heavy atom. The number of hydrogen-bond donors (Lipinski definition) is 3. The maximum Gasteiger partial charge on any atom is 0.303 e. The van der Waals surface area contributed by atoms with E-state index in [9.17, 15) is 31.0 Å². The molecule has 1 aliphatic carbocycles. The highest BCUT2D eigenvalue weighted by atomic mass is 32.2. The van der Waals surface area contributed by atoms with Gasteiger partial charge < -0.3 is 14.2 Å². The van der Waals surface area contributed by atoms with Crippen molar-refractivity contribution in [2.45, 2.75) is 69.4 Å². The highest BCUT2D eigenvalue weighted by Crippen LogP contribution is 2.34. The second-order valence-corrected chi connectivity index (χ2v) is 17.6. The fraction of sp³-hybridized carbons (Fsp3) is 0.244. The lowest BCUT2D eigenvalue weighted by molar-refractivity contribution is -0.137. The lowest BCUT2D eigenvalue weighted by Crippen LogP contribution is -2.06. The molecule has 300 valence electrons. The second-order valence-electron chi connectivity index (χ2n) is 14.7. The van der Waals surface area contributed by atoms with Gasteiger partial charge in [-0.25, -0.2) is 0 Å². The van der Waals surface area contributed by atoms with Crippen LogP contribution in [0.4, 0.5) is 0 Å². The van der Waals surface area contributed by atoms with E-state index in [-0.39, 0.29) is 29.3 Å². The molecule has 2 aromatic heterocycles. The minimum Gasteiger partial charge on any atom is -0.481 e. The summed E-state index contributed by atoms with van der Waals surface area (Å²) in [5, 5.41) is 12.6. The minimum absolute atomic E-state index is 0.00133. The van der Waals surface area contributed by atoms with Crippen molar-refractivity contribution in [1.82, 2.24) is 9.13 Å². The molecule has 6 aromatic rings. The Bertz CT molecular complexity index is 2930. The normalized spacial score (nSPS) is 15.6. The van der Waals surface area contributed by atoms with Gasteiger partial charge in [-0.15, -0.1) is 0 Å². The molecule has 1 fully saturated rings. The topological polar surface area (TPSA) is 173 Å². The number of rotatable bonds is 16. The van der Waals surface area contributed by atoms with Crippen molar-refractivity contribution < 1.29 is 40.6 Å². The zero-order valence-corrected chi connectivity index (χ0v) is 33.4. The number of carbonyl (C=O) groups is 2. The molecule has 2 heterocycles.